The Hall–Kier alpha value is -1.71. The molecule has 106 valence electrons. The zero-order valence-corrected chi connectivity index (χ0v) is 13.0. The molecule has 0 radical (unpaired) electrons. The second-order valence-corrected chi connectivity index (χ2v) is 6.01. The molecule has 0 aliphatic heterocycles. The van der Waals surface area contributed by atoms with Gasteiger partial charge in [0.2, 0.25) is 0 Å². The quantitative estimate of drug-likeness (QED) is 0.712. The van der Waals surface area contributed by atoms with Gasteiger partial charge in [0.1, 0.15) is 5.82 Å². The van der Waals surface area contributed by atoms with Crippen LogP contribution in [-0.2, 0) is 6.42 Å². The Morgan fingerprint density at radius 1 is 0.952 bits per heavy atom. The molecular weight excluding hydrogens is 329 g/mol. The molecule has 3 aromatic carbocycles. The Morgan fingerprint density at radius 3 is 2.48 bits per heavy atom. The highest BCUT2D eigenvalue weighted by Crippen LogP contribution is 2.25. The van der Waals surface area contributed by atoms with Crippen LogP contribution in [0.5, 0.6) is 0 Å². The van der Waals surface area contributed by atoms with Crippen molar-refractivity contribution >= 4 is 26.7 Å². The van der Waals surface area contributed by atoms with Crippen LogP contribution in [0.4, 0.5) is 4.39 Å². The number of halogens is 2. The maximum absolute atomic E-state index is 13.1. The molecule has 0 aliphatic rings. The van der Waals surface area contributed by atoms with Crippen molar-refractivity contribution < 1.29 is 4.39 Å². The maximum Gasteiger partial charge on any atom is 0.124 e. The van der Waals surface area contributed by atoms with E-state index in [2.05, 4.69) is 46.3 Å². The fraction of sp³-hybridized carbons (Fsp3) is 0.111. The van der Waals surface area contributed by atoms with Gasteiger partial charge in [-0.25, -0.2) is 4.39 Å². The standard InChI is InChI=1S/C18H15BrFN/c19-17-11-16(20)8-7-14(17)10-18(21)15-6-5-12-3-1-2-4-13(12)9-15/h1-9,11,18H,10,21H2. The minimum Gasteiger partial charge on any atom is -0.324 e. The van der Waals surface area contributed by atoms with Gasteiger partial charge in [-0.05, 0) is 46.5 Å². The van der Waals surface area contributed by atoms with Gasteiger partial charge in [-0.1, -0.05) is 58.4 Å². The molecule has 1 unspecified atom stereocenters. The summed E-state index contributed by atoms with van der Waals surface area (Å²) in [5.74, 6) is -0.245. The van der Waals surface area contributed by atoms with Crippen molar-refractivity contribution in [1.82, 2.24) is 0 Å². The average Bonchev–Trinajstić information content (AvgIpc) is 2.49. The van der Waals surface area contributed by atoms with Crippen LogP contribution in [-0.4, -0.2) is 0 Å². The fourth-order valence-corrected chi connectivity index (χ4v) is 2.99. The van der Waals surface area contributed by atoms with E-state index in [1.54, 1.807) is 6.07 Å². The zero-order valence-electron chi connectivity index (χ0n) is 11.4. The molecule has 0 aliphatic carbocycles. The van der Waals surface area contributed by atoms with Crippen molar-refractivity contribution in [1.29, 1.82) is 0 Å². The highest BCUT2D eigenvalue weighted by Gasteiger charge is 2.10. The molecule has 0 amide bonds. The van der Waals surface area contributed by atoms with Gasteiger partial charge in [0, 0.05) is 10.5 Å². The fourth-order valence-electron chi connectivity index (χ4n) is 2.48. The van der Waals surface area contributed by atoms with Gasteiger partial charge in [-0.3, -0.25) is 0 Å². The van der Waals surface area contributed by atoms with E-state index >= 15 is 0 Å². The van der Waals surface area contributed by atoms with Crippen LogP contribution < -0.4 is 5.73 Å². The molecular formula is C18H15BrFN. The molecule has 3 heteroatoms. The van der Waals surface area contributed by atoms with Crippen LogP contribution in [0.15, 0.2) is 65.1 Å². The lowest BCUT2D eigenvalue weighted by Crippen LogP contribution is -2.13. The van der Waals surface area contributed by atoms with Gasteiger partial charge >= 0.3 is 0 Å². The third-order valence-electron chi connectivity index (χ3n) is 3.66. The van der Waals surface area contributed by atoms with Crippen LogP contribution in [0.25, 0.3) is 10.8 Å². The number of benzene rings is 3. The number of rotatable bonds is 3. The highest BCUT2D eigenvalue weighted by atomic mass is 79.9. The normalized spacial score (nSPS) is 12.5. The van der Waals surface area contributed by atoms with E-state index in [0.29, 0.717) is 6.42 Å². The largest absolute Gasteiger partial charge is 0.324 e. The summed E-state index contributed by atoms with van der Waals surface area (Å²) >= 11 is 3.39. The molecule has 0 spiro atoms. The van der Waals surface area contributed by atoms with E-state index in [0.717, 1.165) is 15.6 Å². The molecule has 0 aromatic heterocycles. The molecule has 1 nitrogen and oxygen atoms in total. The lowest BCUT2D eigenvalue weighted by atomic mass is 9.97. The van der Waals surface area contributed by atoms with Gasteiger partial charge in [0.25, 0.3) is 0 Å². The predicted octanol–water partition coefficient (Wildman–Crippen LogP) is 4.98. The molecule has 3 rings (SSSR count). The summed E-state index contributed by atoms with van der Waals surface area (Å²) in [7, 11) is 0. The Bertz CT molecular complexity index is 785. The van der Waals surface area contributed by atoms with Gasteiger partial charge < -0.3 is 5.73 Å². The molecule has 0 fully saturated rings. The zero-order chi connectivity index (χ0) is 14.8. The van der Waals surface area contributed by atoms with Crippen LogP contribution in [0.3, 0.4) is 0 Å². The minimum absolute atomic E-state index is 0.114. The van der Waals surface area contributed by atoms with E-state index in [4.69, 9.17) is 5.73 Å². The topological polar surface area (TPSA) is 26.0 Å². The number of fused-ring (bicyclic) bond motifs is 1. The molecule has 0 saturated carbocycles. The molecule has 0 heterocycles. The van der Waals surface area contributed by atoms with Gasteiger partial charge in [-0.15, -0.1) is 0 Å². The van der Waals surface area contributed by atoms with E-state index < -0.39 is 0 Å². The van der Waals surface area contributed by atoms with Crippen LogP contribution in [0.1, 0.15) is 17.2 Å². The molecule has 2 N–H and O–H groups in total. The van der Waals surface area contributed by atoms with E-state index in [9.17, 15) is 4.39 Å². The highest BCUT2D eigenvalue weighted by molar-refractivity contribution is 9.10. The lowest BCUT2D eigenvalue weighted by molar-refractivity contribution is 0.624. The summed E-state index contributed by atoms with van der Waals surface area (Å²) in [5, 5.41) is 2.39. The average molecular weight is 344 g/mol. The Balaban J connectivity index is 1.87. The van der Waals surface area contributed by atoms with Crippen molar-refractivity contribution in [3.8, 4) is 0 Å². The Morgan fingerprint density at radius 2 is 1.71 bits per heavy atom. The van der Waals surface area contributed by atoms with E-state index in [1.165, 1.54) is 22.9 Å². The van der Waals surface area contributed by atoms with Crippen LogP contribution in [0.2, 0.25) is 0 Å². The van der Waals surface area contributed by atoms with Crippen LogP contribution >= 0.6 is 15.9 Å². The summed E-state index contributed by atoms with van der Waals surface area (Å²) < 4.78 is 13.9. The van der Waals surface area contributed by atoms with Gasteiger partial charge in [0.05, 0.1) is 0 Å². The first-order valence-corrected chi connectivity index (χ1v) is 7.61. The third kappa shape index (κ3) is 3.14. The van der Waals surface area contributed by atoms with Gasteiger partial charge in [-0.2, -0.15) is 0 Å². The third-order valence-corrected chi connectivity index (χ3v) is 4.39. The maximum atomic E-state index is 13.1. The van der Waals surface area contributed by atoms with Gasteiger partial charge in [0.15, 0.2) is 0 Å². The number of nitrogens with two attached hydrogens (primary N) is 1. The lowest BCUT2D eigenvalue weighted by Gasteiger charge is -2.14. The molecule has 1 atom stereocenters. The first-order chi connectivity index (χ1) is 10.1. The summed E-state index contributed by atoms with van der Waals surface area (Å²) in [6, 6.07) is 19.1. The van der Waals surface area contributed by atoms with Crippen molar-refractivity contribution in [2.45, 2.75) is 12.5 Å². The van der Waals surface area contributed by atoms with E-state index in [-0.39, 0.29) is 11.9 Å². The first-order valence-electron chi connectivity index (χ1n) is 6.82. The molecule has 0 bridgehead atoms. The van der Waals surface area contributed by atoms with Crippen molar-refractivity contribution in [3.05, 3.63) is 82.1 Å². The van der Waals surface area contributed by atoms with E-state index in [1.807, 2.05) is 12.1 Å². The summed E-state index contributed by atoms with van der Waals surface area (Å²) in [6.07, 6.45) is 0.666. The number of hydrogen-bond acceptors (Lipinski definition) is 1. The second kappa shape index (κ2) is 5.96. The Kier molecular flexibility index (Phi) is 4.04. The molecule has 3 aromatic rings. The monoisotopic (exact) mass is 343 g/mol. The summed E-state index contributed by atoms with van der Waals surface area (Å²) in [6.45, 7) is 0. The SMILES string of the molecule is NC(Cc1ccc(F)cc1Br)c1ccc2ccccc2c1. The second-order valence-electron chi connectivity index (χ2n) is 5.15. The summed E-state index contributed by atoms with van der Waals surface area (Å²) in [5.41, 5.74) is 8.41. The predicted molar refractivity (Wildman–Crippen MR) is 88.7 cm³/mol. The minimum atomic E-state index is -0.245. The van der Waals surface area contributed by atoms with Crippen LogP contribution in [0, 0.1) is 5.82 Å². The molecule has 0 saturated heterocycles. The summed E-state index contributed by atoms with van der Waals surface area (Å²) in [4.78, 5) is 0. The van der Waals surface area contributed by atoms with Crippen molar-refractivity contribution in [2.75, 3.05) is 0 Å². The Labute approximate surface area is 131 Å². The molecule has 21 heavy (non-hydrogen) atoms. The van der Waals surface area contributed by atoms with Crippen molar-refractivity contribution in [3.63, 3.8) is 0 Å². The first kappa shape index (κ1) is 14.2. The number of hydrogen-bond donors (Lipinski definition) is 1. The van der Waals surface area contributed by atoms with Crippen molar-refractivity contribution in [2.24, 2.45) is 5.73 Å². The smallest absolute Gasteiger partial charge is 0.124 e.